The molecule has 1 aliphatic carbocycles. The topological polar surface area (TPSA) is 73.6 Å². The molecule has 3 atom stereocenters. The number of nitrogens with one attached hydrogen (secondary N) is 1. The summed E-state index contributed by atoms with van der Waals surface area (Å²) in [6.07, 6.45) is 5.20. The Morgan fingerprint density at radius 3 is 2.79 bits per heavy atom. The number of nitrogens with zero attached hydrogens (tertiary/aromatic N) is 1. The molecule has 0 spiro atoms. The van der Waals surface area contributed by atoms with Crippen molar-refractivity contribution >= 4 is 38.9 Å². The van der Waals surface area contributed by atoms with Gasteiger partial charge in [-0.25, -0.2) is 0 Å². The molecular weight excluding hydrogens is 520 g/mol. The lowest BCUT2D eigenvalue weighted by Gasteiger charge is -2.37. The number of benzene rings is 3. The average Bonchev–Trinajstić information content (AvgIpc) is 3.33. The highest BCUT2D eigenvalue weighted by molar-refractivity contribution is 9.10. The lowest BCUT2D eigenvalue weighted by atomic mass is 9.76. The molecule has 0 bridgehead atoms. The Morgan fingerprint density at radius 1 is 1.21 bits per heavy atom. The van der Waals surface area contributed by atoms with E-state index < -0.39 is 0 Å². The minimum absolute atomic E-state index is 0.0898. The van der Waals surface area contributed by atoms with Crippen LogP contribution in [0.4, 0.5) is 11.4 Å². The Balaban J connectivity index is 1.50. The maximum absolute atomic E-state index is 11.7. The maximum Gasteiger partial charge on any atom is 0.292 e. The molecular formula is C26H22BrClN2O4. The number of nitro benzene ring substituents is 1. The van der Waals surface area contributed by atoms with Gasteiger partial charge in [0, 0.05) is 22.6 Å². The minimum atomic E-state index is -0.329. The van der Waals surface area contributed by atoms with Crippen LogP contribution in [0.15, 0.2) is 71.2 Å². The van der Waals surface area contributed by atoms with Gasteiger partial charge in [-0.05, 0) is 57.6 Å². The number of ether oxygens (including phenoxy) is 2. The third-order valence-electron chi connectivity index (χ3n) is 6.51. The summed E-state index contributed by atoms with van der Waals surface area (Å²) in [5, 5.41) is 15.8. The summed E-state index contributed by atoms with van der Waals surface area (Å²) in [5.74, 6) is 1.51. The first-order valence-corrected chi connectivity index (χ1v) is 12.1. The lowest BCUT2D eigenvalue weighted by molar-refractivity contribution is -0.384. The first-order chi connectivity index (χ1) is 16.5. The molecule has 1 heterocycles. The molecule has 174 valence electrons. The second kappa shape index (κ2) is 9.31. The highest BCUT2D eigenvalue weighted by Gasteiger charge is 2.40. The highest BCUT2D eigenvalue weighted by atomic mass is 79.9. The molecule has 0 fully saturated rings. The van der Waals surface area contributed by atoms with Crippen LogP contribution in [-0.2, 0) is 6.61 Å². The van der Waals surface area contributed by atoms with Gasteiger partial charge in [-0.1, -0.05) is 54.1 Å². The molecule has 3 aromatic carbocycles. The van der Waals surface area contributed by atoms with Crippen LogP contribution in [0.2, 0.25) is 5.02 Å². The Hall–Kier alpha value is -3.03. The Labute approximate surface area is 210 Å². The van der Waals surface area contributed by atoms with Gasteiger partial charge in [-0.2, -0.15) is 0 Å². The Bertz CT molecular complexity index is 1300. The zero-order valence-electron chi connectivity index (χ0n) is 18.3. The Kier molecular flexibility index (Phi) is 6.23. The molecule has 0 radical (unpaired) electrons. The summed E-state index contributed by atoms with van der Waals surface area (Å²) >= 11 is 9.92. The van der Waals surface area contributed by atoms with E-state index >= 15 is 0 Å². The van der Waals surface area contributed by atoms with Crippen LogP contribution < -0.4 is 14.8 Å². The molecule has 0 amide bonds. The quantitative estimate of drug-likeness (QED) is 0.200. The van der Waals surface area contributed by atoms with Crippen molar-refractivity contribution in [1.82, 2.24) is 0 Å². The van der Waals surface area contributed by atoms with E-state index in [1.165, 1.54) is 0 Å². The summed E-state index contributed by atoms with van der Waals surface area (Å²) in [5.41, 5.74) is 3.48. The number of hydrogen-bond acceptors (Lipinski definition) is 5. The molecule has 8 heteroatoms. The molecule has 5 rings (SSSR count). The number of nitro groups is 1. The van der Waals surface area contributed by atoms with Crippen molar-refractivity contribution < 1.29 is 14.4 Å². The molecule has 34 heavy (non-hydrogen) atoms. The number of hydrogen-bond donors (Lipinski definition) is 1. The van der Waals surface area contributed by atoms with Crippen LogP contribution >= 0.6 is 27.5 Å². The Morgan fingerprint density at radius 2 is 2.03 bits per heavy atom. The fourth-order valence-electron chi connectivity index (χ4n) is 4.91. The van der Waals surface area contributed by atoms with E-state index in [0.717, 1.165) is 27.6 Å². The number of anilines is 1. The molecule has 0 aromatic heterocycles. The van der Waals surface area contributed by atoms with Crippen molar-refractivity contribution in [2.24, 2.45) is 5.92 Å². The van der Waals surface area contributed by atoms with E-state index in [9.17, 15) is 10.1 Å². The zero-order valence-corrected chi connectivity index (χ0v) is 20.7. The van der Waals surface area contributed by atoms with Gasteiger partial charge >= 0.3 is 0 Å². The predicted octanol–water partition coefficient (Wildman–Crippen LogP) is 7.42. The van der Waals surface area contributed by atoms with Crippen molar-refractivity contribution in [3.63, 3.8) is 0 Å². The van der Waals surface area contributed by atoms with Crippen molar-refractivity contribution in [1.29, 1.82) is 0 Å². The van der Waals surface area contributed by atoms with Crippen molar-refractivity contribution in [3.8, 4) is 11.5 Å². The van der Waals surface area contributed by atoms with E-state index in [4.69, 9.17) is 21.1 Å². The van der Waals surface area contributed by atoms with Gasteiger partial charge in [0.1, 0.15) is 12.3 Å². The number of para-hydroxylation sites is 1. The molecule has 0 saturated carbocycles. The summed E-state index contributed by atoms with van der Waals surface area (Å²) < 4.78 is 12.5. The van der Waals surface area contributed by atoms with E-state index in [1.807, 2.05) is 42.5 Å². The van der Waals surface area contributed by atoms with Gasteiger partial charge in [0.25, 0.3) is 5.69 Å². The average molecular weight is 542 g/mol. The monoisotopic (exact) mass is 540 g/mol. The first kappa shape index (κ1) is 22.7. The van der Waals surface area contributed by atoms with Gasteiger partial charge in [0.15, 0.2) is 11.5 Å². The van der Waals surface area contributed by atoms with Crippen LogP contribution in [0.1, 0.15) is 35.1 Å². The lowest BCUT2D eigenvalue weighted by Crippen LogP contribution is -2.29. The number of halogens is 2. The number of allylic oxidation sites excluding steroid dienone is 2. The van der Waals surface area contributed by atoms with Crippen LogP contribution in [0.5, 0.6) is 11.5 Å². The SMILES string of the molecule is COc1cc([C@@H]2Nc3c(cccc3[N+](=O)[O-])[C@H]3C=CC[C@H]32)cc(Br)c1OCc1ccccc1Cl. The van der Waals surface area contributed by atoms with Crippen molar-refractivity contribution in [2.75, 3.05) is 12.4 Å². The first-order valence-electron chi connectivity index (χ1n) is 10.9. The summed E-state index contributed by atoms with van der Waals surface area (Å²) in [6, 6.07) is 16.6. The second-order valence-electron chi connectivity index (χ2n) is 8.39. The van der Waals surface area contributed by atoms with E-state index in [2.05, 4.69) is 33.4 Å². The van der Waals surface area contributed by atoms with Crippen LogP contribution in [0.3, 0.4) is 0 Å². The normalized spacial score (nSPS) is 20.3. The third kappa shape index (κ3) is 4.03. The molecule has 0 unspecified atom stereocenters. The molecule has 1 N–H and O–H groups in total. The van der Waals surface area contributed by atoms with Gasteiger partial charge in [-0.15, -0.1) is 0 Å². The van der Waals surface area contributed by atoms with Crippen molar-refractivity contribution in [3.05, 3.63) is 103 Å². The van der Waals surface area contributed by atoms with Crippen LogP contribution in [0.25, 0.3) is 0 Å². The smallest absolute Gasteiger partial charge is 0.292 e. The molecule has 6 nitrogen and oxygen atoms in total. The minimum Gasteiger partial charge on any atom is -0.493 e. The van der Waals surface area contributed by atoms with Gasteiger partial charge in [0.2, 0.25) is 0 Å². The maximum atomic E-state index is 11.7. The summed E-state index contributed by atoms with van der Waals surface area (Å²) in [4.78, 5) is 11.4. The summed E-state index contributed by atoms with van der Waals surface area (Å²) in [6.45, 7) is 0.295. The number of methoxy groups -OCH3 is 1. The molecule has 1 aliphatic heterocycles. The van der Waals surface area contributed by atoms with Gasteiger partial charge < -0.3 is 14.8 Å². The van der Waals surface area contributed by atoms with E-state index in [1.54, 1.807) is 19.2 Å². The zero-order chi connectivity index (χ0) is 23.8. The van der Waals surface area contributed by atoms with Gasteiger partial charge in [0.05, 0.1) is 22.5 Å². The fourth-order valence-corrected chi connectivity index (χ4v) is 5.68. The van der Waals surface area contributed by atoms with Gasteiger partial charge in [-0.3, -0.25) is 10.1 Å². The van der Waals surface area contributed by atoms with Crippen LogP contribution in [0, 0.1) is 16.0 Å². The number of fused-ring (bicyclic) bond motifs is 3. The predicted molar refractivity (Wildman–Crippen MR) is 136 cm³/mol. The summed E-state index contributed by atoms with van der Waals surface area (Å²) in [7, 11) is 1.60. The standard InChI is InChI=1S/C26H22BrClN2O4/c1-33-23-13-16(12-20(27)26(23)34-14-15-6-2-3-10-21(15)28)24-18-8-4-7-17(18)19-9-5-11-22(30(31)32)25(19)29-24/h2-7,9-13,17-18,24,29H,8,14H2,1H3/t17-,18+,24-/m0/s1. The molecule has 0 saturated heterocycles. The van der Waals surface area contributed by atoms with E-state index in [-0.39, 0.29) is 28.5 Å². The highest BCUT2D eigenvalue weighted by Crippen LogP contribution is 2.53. The molecule has 3 aromatic rings. The second-order valence-corrected chi connectivity index (χ2v) is 9.65. The fraction of sp³-hybridized carbons (Fsp3) is 0.231. The number of rotatable bonds is 6. The largest absolute Gasteiger partial charge is 0.493 e. The third-order valence-corrected chi connectivity index (χ3v) is 7.47. The van der Waals surface area contributed by atoms with Crippen LogP contribution in [-0.4, -0.2) is 12.0 Å². The van der Waals surface area contributed by atoms with Crippen molar-refractivity contribution in [2.45, 2.75) is 25.0 Å². The van der Waals surface area contributed by atoms with E-state index in [0.29, 0.717) is 28.8 Å². The molecule has 2 aliphatic rings.